The van der Waals surface area contributed by atoms with Crippen LogP contribution in [0.2, 0.25) is 0 Å². The molecule has 0 saturated carbocycles. The van der Waals surface area contributed by atoms with Crippen LogP contribution in [0.1, 0.15) is 29.5 Å². The molecule has 2 aromatic carbocycles. The van der Waals surface area contributed by atoms with Crippen LogP contribution in [0, 0.1) is 13.8 Å². The van der Waals surface area contributed by atoms with Crippen molar-refractivity contribution in [2.24, 2.45) is 0 Å². The van der Waals surface area contributed by atoms with Crippen molar-refractivity contribution in [1.29, 1.82) is 0 Å². The molecular weight excluding hydrogens is 356 g/mol. The van der Waals surface area contributed by atoms with Gasteiger partial charge in [-0.25, -0.2) is 4.79 Å². The van der Waals surface area contributed by atoms with Crippen LogP contribution in [0.25, 0.3) is 10.9 Å². The number of amides is 1. The zero-order valence-electron chi connectivity index (χ0n) is 16.0. The molecule has 4 rings (SSSR count). The van der Waals surface area contributed by atoms with Crippen molar-refractivity contribution in [2.75, 3.05) is 18.4 Å². The molecule has 0 atom stereocenters. The Morgan fingerprint density at radius 2 is 1.96 bits per heavy atom. The van der Waals surface area contributed by atoms with Gasteiger partial charge < -0.3 is 9.94 Å². The number of aliphatic hydroxyl groups is 1. The lowest BCUT2D eigenvalue weighted by Crippen LogP contribution is -2.44. The summed E-state index contributed by atoms with van der Waals surface area (Å²) in [6, 6.07) is 13.7. The summed E-state index contributed by atoms with van der Waals surface area (Å²) in [4.78, 5) is 17.7. The van der Waals surface area contributed by atoms with Crippen LogP contribution < -0.4 is 5.32 Å². The van der Waals surface area contributed by atoms with Crippen LogP contribution in [0.5, 0.6) is 0 Å². The Kier molecular flexibility index (Phi) is 4.78. The number of fused-ring (bicyclic) bond motifs is 1. The van der Waals surface area contributed by atoms with Crippen LogP contribution in [0.4, 0.5) is 10.6 Å². The number of hydrogen-bond acceptors (Lipinski definition) is 5. The average Bonchev–Trinajstić information content (AvgIpc) is 3.08. The van der Waals surface area contributed by atoms with Crippen molar-refractivity contribution in [2.45, 2.75) is 32.3 Å². The van der Waals surface area contributed by atoms with Gasteiger partial charge in [0.15, 0.2) is 5.82 Å². The maximum absolute atomic E-state index is 12.3. The van der Waals surface area contributed by atoms with Gasteiger partial charge in [-0.05, 0) is 49.9 Å². The van der Waals surface area contributed by atoms with E-state index in [4.69, 9.17) is 4.84 Å². The van der Waals surface area contributed by atoms with E-state index < -0.39 is 11.7 Å². The number of rotatable bonds is 3. The zero-order chi connectivity index (χ0) is 19.7. The molecule has 1 saturated heterocycles. The van der Waals surface area contributed by atoms with Gasteiger partial charge in [0.1, 0.15) is 0 Å². The predicted molar refractivity (Wildman–Crippen MR) is 107 cm³/mol. The molecule has 7 heteroatoms. The van der Waals surface area contributed by atoms with Gasteiger partial charge in [-0.1, -0.05) is 35.9 Å². The molecule has 1 amide bonds. The molecule has 0 aliphatic carbocycles. The van der Waals surface area contributed by atoms with Crippen LogP contribution >= 0.6 is 0 Å². The Bertz CT molecular complexity index is 1010. The minimum absolute atomic E-state index is 0.435. The fourth-order valence-corrected chi connectivity index (χ4v) is 3.75. The Hall–Kier alpha value is -2.90. The number of benzene rings is 2. The highest BCUT2D eigenvalue weighted by atomic mass is 16.7. The van der Waals surface area contributed by atoms with Gasteiger partial charge in [-0.2, -0.15) is 5.10 Å². The topological polar surface area (TPSA) is 90.5 Å². The lowest BCUT2D eigenvalue weighted by molar-refractivity contribution is -0.148. The van der Waals surface area contributed by atoms with Gasteiger partial charge >= 0.3 is 6.09 Å². The normalized spacial score (nSPS) is 16.8. The number of carbonyl (C=O) groups excluding carboxylic acids is 1. The van der Waals surface area contributed by atoms with Gasteiger partial charge in [-0.15, -0.1) is 5.06 Å². The number of para-hydroxylation sites is 1. The number of nitrogens with one attached hydrogen (secondary N) is 2. The summed E-state index contributed by atoms with van der Waals surface area (Å²) in [7, 11) is 0. The van der Waals surface area contributed by atoms with E-state index >= 15 is 0 Å². The van der Waals surface area contributed by atoms with Crippen molar-refractivity contribution in [3.05, 3.63) is 59.2 Å². The highest BCUT2D eigenvalue weighted by Crippen LogP contribution is 2.35. The molecule has 28 heavy (non-hydrogen) atoms. The van der Waals surface area contributed by atoms with Gasteiger partial charge in [-0.3, -0.25) is 10.4 Å². The number of nitrogens with zero attached hydrogens (tertiary/aromatic N) is 2. The Labute approximate surface area is 163 Å². The third-order valence-corrected chi connectivity index (χ3v) is 5.35. The molecule has 0 unspecified atom stereocenters. The van der Waals surface area contributed by atoms with E-state index in [2.05, 4.69) is 15.5 Å². The van der Waals surface area contributed by atoms with Crippen molar-refractivity contribution < 1.29 is 14.7 Å². The summed E-state index contributed by atoms with van der Waals surface area (Å²) in [6.07, 6.45) is 0.403. The molecule has 3 N–H and O–H groups in total. The molecule has 7 nitrogen and oxygen atoms in total. The summed E-state index contributed by atoms with van der Waals surface area (Å²) >= 11 is 0. The molecule has 1 fully saturated rings. The SMILES string of the molecule is Cc1ccc(C)c(C2(O)CCN(OC(=O)Nc3n[nH]c4ccccc34)CC2)c1. The molecule has 0 radical (unpaired) electrons. The second kappa shape index (κ2) is 7.26. The molecule has 1 aliphatic rings. The second-order valence-corrected chi connectivity index (χ2v) is 7.40. The molecule has 1 aliphatic heterocycles. The Morgan fingerprint density at radius 1 is 1.21 bits per heavy atom. The third kappa shape index (κ3) is 3.58. The minimum Gasteiger partial charge on any atom is -0.385 e. The fourth-order valence-electron chi connectivity index (χ4n) is 3.75. The number of piperidine rings is 1. The predicted octanol–water partition coefficient (Wildman–Crippen LogP) is 3.63. The maximum Gasteiger partial charge on any atom is 0.432 e. The third-order valence-electron chi connectivity index (χ3n) is 5.35. The first-order chi connectivity index (χ1) is 13.4. The molecule has 1 aromatic heterocycles. The molecule has 3 aromatic rings. The first kappa shape index (κ1) is 18.5. The smallest absolute Gasteiger partial charge is 0.385 e. The molecule has 146 valence electrons. The van der Waals surface area contributed by atoms with E-state index in [0.29, 0.717) is 31.7 Å². The van der Waals surface area contributed by atoms with Gasteiger partial charge in [0.25, 0.3) is 0 Å². The number of hydrogen-bond donors (Lipinski definition) is 3. The van der Waals surface area contributed by atoms with Crippen molar-refractivity contribution in [3.63, 3.8) is 0 Å². The van der Waals surface area contributed by atoms with Gasteiger partial charge in [0.2, 0.25) is 0 Å². The largest absolute Gasteiger partial charge is 0.432 e. The van der Waals surface area contributed by atoms with Crippen LogP contribution in [-0.4, -0.2) is 39.5 Å². The minimum atomic E-state index is -0.898. The number of aromatic nitrogens is 2. The number of aromatic amines is 1. The highest BCUT2D eigenvalue weighted by Gasteiger charge is 2.36. The van der Waals surface area contributed by atoms with E-state index in [1.54, 1.807) is 5.06 Å². The molecule has 0 spiro atoms. The first-order valence-electron chi connectivity index (χ1n) is 9.42. The average molecular weight is 380 g/mol. The van der Waals surface area contributed by atoms with Gasteiger partial charge in [0.05, 0.1) is 11.1 Å². The summed E-state index contributed by atoms with van der Waals surface area (Å²) in [6.45, 7) is 4.95. The summed E-state index contributed by atoms with van der Waals surface area (Å²) < 4.78 is 0. The lowest BCUT2D eigenvalue weighted by atomic mass is 9.82. The number of hydroxylamine groups is 2. The van der Waals surface area contributed by atoms with Gasteiger partial charge in [0, 0.05) is 18.5 Å². The molecular formula is C21H24N4O3. The van der Waals surface area contributed by atoms with E-state index in [-0.39, 0.29) is 0 Å². The van der Waals surface area contributed by atoms with Crippen molar-refractivity contribution >= 4 is 22.8 Å². The second-order valence-electron chi connectivity index (χ2n) is 7.40. The van der Waals surface area contributed by atoms with E-state index in [1.807, 2.05) is 56.3 Å². The van der Waals surface area contributed by atoms with E-state index in [9.17, 15) is 9.90 Å². The number of aryl methyl sites for hydroxylation is 2. The zero-order valence-corrected chi connectivity index (χ0v) is 16.0. The van der Waals surface area contributed by atoms with Crippen LogP contribution in [0.15, 0.2) is 42.5 Å². The summed E-state index contributed by atoms with van der Waals surface area (Å²) in [5, 5.41) is 23.2. The van der Waals surface area contributed by atoms with E-state index in [0.717, 1.165) is 27.6 Å². The van der Waals surface area contributed by atoms with Crippen molar-refractivity contribution in [3.8, 4) is 0 Å². The first-order valence-corrected chi connectivity index (χ1v) is 9.42. The summed E-state index contributed by atoms with van der Waals surface area (Å²) in [5.74, 6) is 0.435. The number of H-pyrrole nitrogens is 1. The Morgan fingerprint density at radius 3 is 2.75 bits per heavy atom. The van der Waals surface area contributed by atoms with Crippen LogP contribution in [-0.2, 0) is 10.4 Å². The highest BCUT2D eigenvalue weighted by molar-refractivity contribution is 5.96. The monoisotopic (exact) mass is 380 g/mol. The fraction of sp³-hybridized carbons (Fsp3) is 0.333. The Balaban J connectivity index is 1.37. The van der Waals surface area contributed by atoms with E-state index in [1.165, 1.54) is 0 Å². The number of anilines is 1. The number of carbonyl (C=O) groups is 1. The molecule has 2 heterocycles. The molecule has 0 bridgehead atoms. The standard InChI is InChI=1S/C21H24N4O3/c1-14-7-8-15(2)17(13-14)21(27)9-11-25(12-10-21)28-20(26)22-19-16-5-3-4-6-18(16)23-24-19/h3-8,13,27H,9-12H2,1-2H3,(H2,22,23,24,26). The van der Waals surface area contributed by atoms with Crippen molar-refractivity contribution in [1.82, 2.24) is 15.3 Å². The lowest BCUT2D eigenvalue weighted by Gasteiger charge is -2.38. The van der Waals surface area contributed by atoms with Crippen LogP contribution in [0.3, 0.4) is 0 Å². The summed E-state index contributed by atoms with van der Waals surface area (Å²) in [5.41, 5.74) is 3.10. The maximum atomic E-state index is 12.3. The quantitative estimate of drug-likeness (QED) is 0.646.